The second kappa shape index (κ2) is 5.56. The average Bonchev–Trinajstić information content (AvgIpc) is 2.54. The van der Waals surface area contributed by atoms with E-state index in [0.29, 0.717) is 22.6 Å². The van der Waals surface area contributed by atoms with Gasteiger partial charge in [-0.3, -0.25) is 0 Å². The molecule has 1 aromatic heterocycles. The second-order valence-corrected chi connectivity index (χ2v) is 5.01. The molecule has 0 atom stereocenters. The third-order valence-corrected chi connectivity index (χ3v) is 3.68. The van der Waals surface area contributed by atoms with Crippen molar-refractivity contribution in [1.82, 2.24) is 0 Å². The Labute approximate surface area is 127 Å². The first-order valence-electron chi connectivity index (χ1n) is 6.90. The number of methoxy groups -OCH3 is 2. The zero-order valence-electron chi connectivity index (χ0n) is 12.7. The number of benzene rings is 2. The lowest BCUT2D eigenvalue weighted by Gasteiger charge is -2.10. The summed E-state index contributed by atoms with van der Waals surface area (Å²) in [5.41, 5.74) is 1.55. The summed E-state index contributed by atoms with van der Waals surface area (Å²) in [6.07, 6.45) is 0. The third-order valence-electron chi connectivity index (χ3n) is 3.68. The predicted octanol–water partition coefficient (Wildman–Crippen LogP) is 3.79. The van der Waals surface area contributed by atoms with Crippen molar-refractivity contribution >= 4 is 10.8 Å². The quantitative estimate of drug-likeness (QED) is 0.738. The number of ether oxygens (including phenoxy) is 2. The number of rotatable bonds is 3. The van der Waals surface area contributed by atoms with E-state index >= 15 is 0 Å². The van der Waals surface area contributed by atoms with Crippen LogP contribution in [0.3, 0.4) is 0 Å². The molecule has 2 aromatic carbocycles. The lowest BCUT2D eigenvalue weighted by atomic mass is 10.0. The molecule has 0 N–H and O–H groups in total. The minimum Gasteiger partial charge on any atom is -0.493 e. The fourth-order valence-electron chi connectivity index (χ4n) is 2.50. The molecular weight excluding hydrogens is 280 g/mol. The third kappa shape index (κ3) is 2.33. The Kier molecular flexibility index (Phi) is 3.59. The molecule has 0 radical (unpaired) electrons. The molecule has 0 amide bonds. The predicted molar refractivity (Wildman–Crippen MR) is 85.8 cm³/mol. The molecule has 22 heavy (non-hydrogen) atoms. The number of fused-ring (bicyclic) bond motifs is 1. The van der Waals surface area contributed by atoms with Crippen LogP contribution in [0.2, 0.25) is 0 Å². The van der Waals surface area contributed by atoms with Crippen LogP contribution in [-0.2, 0) is 0 Å². The zero-order chi connectivity index (χ0) is 15.7. The average molecular weight is 296 g/mol. The molecule has 1 heterocycles. The van der Waals surface area contributed by atoms with Crippen molar-refractivity contribution in [2.45, 2.75) is 6.92 Å². The van der Waals surface area contributed by atoms with Crippen LogP contribution in [0.4, 0.5) is 0 Å². The van der Waals surface area contributed by atoms with E-state index in [1.54, 1.807) is 19.2 Å². The summed E-state index contributed by atoms with van der Waals surface area (Å²) in [6.45, 7) is 1.98. The van der Waals surface area contributed by atoms with Crippen LogP contribution in [0, 0.1) is 6.92 Å². The Morgan fingerprint density at radius 2 is 1.64 bits per heavy atom. The van der Waals surface area contributed by atoms with Crippen LogP contribution >= 0.6 is 0 Å². The molecule has 3 rings (SSSR count). The number of hydrogen-bond acceptors (Lipinski definition) is 4. The van der Waals surface area contributed by atoms with E-state index in [-0.39, 0.29) is 0 Å². The first-order valence-corrected chi connectivity index (χ1v) is 6.90. The van der Waals surface area contributed by atoms with Gasteiger partial charge in [-0.2, -0.15) is 0 Å². The van der Waals surface area contributed by atoms with Gasteiger partial charge in [-0.25, -0.2) is 4.79 Å². The Bertz CT molecular complexity index is 893. The summed E-state index contributed by atoms with van der Waals surface area (Å²) in [7, 11) is 3.10. The molecule has 4 nitrogen and oxygen atoms in total. The van der Waals surface area contributed by atoms with Gasteiger partial charge in [-0.15, -0.1) is 0 Å². The maximum atomic E-state index is 12.3. The first-order chi connectivity index (χ1) is 10.6. The van der Waals surface area contributed by atoms with Crippen molar-refractivity contribution in [2.24, 2.45) is 0 Å². The van der Waals surface area contributed by atoms with Gasteiger partial charge in [0.1, 0.15) is 5.76 Å². The Hall–Kier alpha value is -2.75. The van der Waals surface area contributed by atoms with E-state index < -0.39 is 5.63 Å². The summed E-state index contributed by atoms with van der Waals surface area (Å²) in [5, 5.41) is 1.22. The fraction of sp³-hybridized carbons (Fsp3) is 0.167. The second-order valence-electron chi connectivity index (χ2n) is 5.01. The molecule has 0 unspecified atom stereocenters. The van der Waals surface area contributed by atoms with Gasteiger partial charge >= 0.3 is 5.63 Å². The molecule has 0 bridgehead atoms. The van der Waals surface area contributed by atoms with Crippen molar-refractivity contribution in [1.29, 1.82) is 0 Å². The van der Waals surface area contributed by atoms with Gasteiger partial charge in [0.25, 0.3) is 0 Å². The van der Waals surface area contributed by atoms with Crippen molar-refractivity contribution in [3.8, 4) is 22.8 Å². The highest BCUT2D eigenvalue weighted by molar-refractivity contribution is 5.87. The van der Waals surface area contributed by atoms with Crippen LogP contribution in [-0.4, -0.2) is 14.2 Å². The molecule has 112 valence electrons. The fourth-order valence-corrected chi connectivity index (χ4v) is 2.50. The molecule has 3 aromatic rings. The summed E-state index contributed by atoms with van der Waals surface area (Å²) in [6, 6.07) is 13.1. The highest BCUT2D eigenvalue weighted by Crippen LogP contribution is 2.33. The largest absolute Gasteiger partial charge is 0.493 e. The minimum atomic E-state index is -0.392. The van der Waals surface area contributed by atoms with Crippen LogP contribution in [0.15, 0.2) is 51.7 Å². The lowest BCUT2D eigenvalue weighted by molar-refractivity contribution is 0.355. The Balaban J connectivity index is 2.29. The van der Waals surface area contributed by atoms with E-state index in [1.165, 1.54) is 7.11 Å². The molecule has 4 heteroatoms. The van der Waals surface area contributed by atoms with Crippen molar-refractivity contribution in [2.75, 3.05) is 14.2 Å². The monoisotopic (exact) mass is 296 g/mol. The Morgan fingerprint density at radius 1 is 0.955 bits per heavy atom. The van der Waals surface area contributed by atoms with E-state index in [2.05, 4.69) is 0 Å². The van der Waals surface area contributed by atoms with Gasteiger partial charge in [-0.1, -0.05) is 24.3 Å². The normalized spacial score (nSPS) is 10.7. The maximum Gasteiger partial charge on any atom is 0.344 e. The van der Waals surface area contributed by atoms with Gasteiger partial charge in [0.05, 0.1) is 19.6 Å². The molecule has 0 saturated heterocycles. The van der Waals surface area contributed by atoms with Gasteiger partial charge < -0.3 is 13.9 Å². The summed E-state index contributed by atoms with van der Waals surface area (Å²) >= 11 is 0. The van der Waals surface area contributed by atoms with Crippen LogP contribution in [0.1, 0.15) is 5.56 Å². The highest BCUT2D eigenvalue weighted by Gasteiger charge is 2.12. The molecule has 0 fully saturated rings. The molecule has 0 aliphatic carbocycles. The van der Waals surface area contributed by atoms with Crippen molar-refractivity contribution < 1.29 is 13.9 Å². The lowest BCUT2D eigenvalue weighted by Crippen LogP contribution is -2.02. The van der Waals surface area contributed by atoms with E-state index in [4.69, 9.17) is 13.9 Å². The van der Waals surface area contributed by atoms with Crippen molar-refractivity contribution in [3.63, 3.8) is 0 Å². The van der Waals surface area contributed by atoms with Gasteiger partial charge in [0, 0.05) is 5.56 Å². The standard InChI is InChI=1S/C18H16O4/c1-11-6-4-5-7-13(11)15-8-12-9-16(20-2)17(21-3)10-14(12)18(19)22-15/h4-10H,1-3H3. The van der Waals surface area contributed by atoms with Crippen LogP contribution in [0.5, 0.6) is 11.5 Å². The summed E-state index contributed by atoms with van der Waals surface area (Å²) < 4.78 is 16.0. The topological polar surface area (TPSA) is 48.7 Å². The minimum absolute atomic E-state index is 0.392. The van der Waals surface area contributed by atoms with Gasteiger partial charge in [-0.05, 0) is 36.1 Å². The smallest absolute Gasteiger partial charge is 0.344 e. The van der Waals surface area contributed by atoms with Gasteiger partial charge in [0.2, 0.25) is 0 Å². The van der Waals surface area contributed by atoms with E-state index in [1.807, 2.05) is 37.3 Å². The highest BCUT2D eigenvalue weighted by atomic mass is 16.5. The molecule has 0 saturated carbocycles. The molecular formula is C18H16O4. The maximum absolute atomic E-state index is 12.3. The summed E-state index contributed by atoms with van der Waals surface area (Å²) in [4.78, 5) is 12.3. The molecule has 0 aliphatic heterocycles. The Morgan fingerprint density at radius 3 is 2.32 bits per heavy atom. The molecule has 0 aliphatic rings. The molecule has 0 spiro atoms. The van der Waals surface area contributed by atoms with Crippen LogP contribution < -0.4 is 15.1 Å². The summed E-state index contributed by atoms with van der Waals surface area (Å²) in [5.74, 6) is 1.63. The first kappa shape index (κ1) is 14.2. The SMILES string of the molecule is COc1cc2cc(-c3ccccc3C)oc(=O)c2cc1OC. The van der Waals surface area contributed by atoms with E-state index in [9.17, 15) is 4.79 Å². The number of aryl methyl sites for hydroxylation is 1. The number of hydrogen-bond donors (Lipinski definition) is 0. The van der Waals surface area contributed by atoms with E-state index in [0.717, 1.165) is 16.5 Å². The van der Waals surface area contributed by atoms with Crippen molar-refractivity contribution in [3.05, 3.63) is 58.4 Å². The van der Waals surface area contributed by atoms with Crippen LogP contribution in [0.25, 0.3) is 22.1 Å². The zero-order valence-corrected chi connectivity index (χ0v) is 12.7. The van der Waals surface area contributed by atoms with Gasteiger partial charge in [0.15, 0.2) is 11.5 Å².